The molecule has 3 N–H and O–H groups in total. The molecule has 5 heteroatoms. The van der Waals surface area contributed by atoms with E-state index in [-0.39, 0.29) is 0 Å². The van der Waals surface area contributed by atoms with Crippen molar-refractivity contribution in [2.45, 2.75) is 32.5 Å². The predicted molar refractivity (Wildman–Crippen MR) is 64.2 cm³/mol. The van der Waals surface area contributed by atoms with Gasteiger partial charge in [0, 0.05) is 12.0 Å². The van der Waals surface area contributed by atoms with Crippen molar-refractivity contribution in [1.82, 2.24) is 15.3 Å². The van der Waals surface area contributed by atoms with E-state index in [1.54, 1.807) is 0 Å². The summed E-state index contributed by atoms with van der Waals surface area (Å²) >= 11 is 0. The summed E-state index contributed by atoms with van der Waals surface area (Å²) in [4.78, 5) is 8.98. The Morgan fingerprint density at radius 3 is 2.88 bits per heavy atom. The van der Waals surface area contributed by atoms with E-state index < -0.39 is 0 Å². The molecule has 2 aliphatic rings. The van der Waals surface area contributed by atoms with Crippen LogP contribution < -0.4 is 11.1 Å². The van der Waals surface area contributed by atoms with E-state index in [0.29, 0.717) is 24.9 Å². The van der Waals surface area contributed by atoms with Crippen LogP contribution >= 0.6 is 0 Å². The molecule has 17 heavy (non-hydrogen) atoms. The van der Waals surface area contributed by atoms with E-state index in [1.807, 2.05) is 0 Å². The van der Waals surface area contributed by atoms with Gasteiger partial charge in [-0.2, -0.15) is 0 Å². The number of nitrogens with two attached hydrogens (primary N) is 1. The van der Waals surface area contributed by atoms with Crippen LogP contribution in [0.2, 0.25) is 0 Å². The third-order valence-electron chi connectivity index (χ3n) is 3.59. The SMILES string of the molecule is Nc1nc(CC2CCNCC2)nc2c1COC2. The number of nitrogens with one attached hydrogen (secondary N) is 1. The number of aromatic nitrogens is 2. The molecular weight excluding hydrogens is 216 g/mol. The van der Waals surface area contributed by atoms with E-state index in [0.717, 1.165) is 36.6 Å². The Bertz CT molecular complexity index is 415. The minimum atomic E-state index is 0.564. The summed E-state index contributed by atoms with van der Waals surface area (Å²) in [5.74, 6) is 2.19. The standard InChI is InChI=1S/C12H18N4O/c13-12-9-6-17-7-10(9)15-11(16-12)5-8-1-3-14-4-2-8/h8,14H,1-7H2,(H2,13,15,16). The van der Waals surface area contributed by atoms with Gasteiger partial charge in [-0.05, 0) is 31.8 Å². The van der Waals surface area contributed by atoms with Gasteiger partial charge in [-0.25, -0.2) is 9.97 Å². The number of anilines is 1. The summed E-state index contributed by atoms with van der Waals surface area (Å²) in [6.07, 6.45) is 3.35. The van der Waals surface area contributed by atoms with Gasteiger partial charge in [0.05, 0.1) is 18.9 Å². The third-order valence-corrected chi connectivity index (χ3v) is 3.59. The molecule has 3 rings (SSSR count). The number of nitrogens with zero attached hydrogens (tertiary/aromatic N) is 2. The monoisotopic (exact) mass is 234 g/mol. The molecule has 1 aromatic rings. The first-order chi connectivity index (χ1) is 8.33. The van der Waals surface area contributed by atoms with Crippen molar-refractivity contribution in [2.75, 3.05) is 18.8 Å². The zero-order valence-corrected chi connectivity index (χ0v) is 9.91. The van der Waals surface area contributed by atoms with Crippen LogP contribution in [0.15, 0.2) is 0 Å². The average molecular weight is 234 g/mol. The van der Waals surface area contributed by atoms with Crippen LogP contribution in [0, 0.1) is 5.92 Å². The normalized spacial score (nSPS) is 20.5. The smallest absolute Gasteiger partial charge is 0.133 e. The number of ether oxygens (including phenoxy) is 1. The predicted octanol–water partition coefficient (Wildman–Crippen LogP) is 0.631. The second-order valence-electron chi connectivity index (χ2n) is 4.84. The highest BCUT2D eigenvalue weighted by Gasteiger charge is 2.20. The molecule has 0 spiro atoms. The van der Waals surface area contributed by atoms with Crippen LogP contribution in [0.3, 0.4) is 0 Å². The maximum absolute atomic E-state index is 5.93. The Labute approximate surface area is 101 Å². The van der Waals surface area contributed by atoms with Gasteiger partial charge in [0.15, 0.2) is 0 Å². The molecule has 0 atom stereocenters. The van der Waals surface area contributed by atoms with E-state index in [2.05, 4.69) is 15.3 Å². The Kier molecular flexibility index (Phi) is 2.94. The van der Waals surface area contributed by atoms with Crippen LogP contribution in [0.1, 0.15) is 29.9 Å². The van der Waals surface area contributed by atoms with Crippen LogP contribution in [0.4, 0.5) is 5.82 Å². The van der Waals surface area contributed by atoms with E-state index in [1.165, 1.54) is 12.8 Å². The van der Waals surface area contributed by atoms with Crippen molar-refractivity contribution >= 4 is 5.82 Å². The summed E-state index contributed by atoms with van der Waals surface area (Å²) in [7, 11) is 0. The molecule has 1 aromatic heterocycles. The zero-order valence-electron chi connectivity index (χ0n) is 9.91. The lowest BCUT2D eigenvalue weighted by atomic mass is 9.94. The summed E-state index contributed by atoms with van der Waals surface area (Å²) in [5, 5.41) is 3.37. The second kappa shape index (κ2) is 4.58. The van der Waals surface area contributed by atoms with Gasteiger partial charge < -0.3 is 15.8 Å². The average Bonchev–Trinajstić information content (AvgIpc) is 2.79. The van der Waals surface area contributed by atoms with Gasteiger partial charge in [-0.1, -0.05) is 0 Å². The summed E-state index contributed by atoms with van der Waals surface area (Å²) in [6.45, 7) is 3.36. The quantitative estimate of drug-likeness (QED) is 0.785. The third kappa shape index (κ3) is 2.25. The van der Waals surface area contributed by atoms with Crippen molar-refractivity contribution in [2.24, 2.45) is 5.92 Å². The van der Waals surface area contributed by atoms with Crippen LogP contribution in [0.5, 0.6) is 0 Å². The number of piperidine rings is 1. The molecule has 0 unspecified atom stereocenters. The molecule has 0 aromatic carbocycles. The van der Waals surface area contributed by atoms with Gasteiger partial charge in [-0.3, -0.25) is 0 Å². The Morgan fingerprint density at radius 1 is 1.24 bits per heavy atom. The molecule has 5 nitrogen and oxygen atoms in total. The zero-order chi connectivity index (χ0) is 11.7. The minimum absolute atomic E-state index is 0.564. The lowest BCUT2D eigenvalue weighted by Gasteiger charge is -2.22. The summed E-state index contributed by atoms with van der Waals surface area (Å²) in [5.41, 5.74) is 7.91. The first kappa shape index (κ1) is 10.9. The molecule has 2 aliphatic heterocycles. The van der Waals surface area contributed by atoms with Gasteiger partial charge in [0.1, 0.15) is 11.6 Å². The van der Waals surface area contributed by atoms with E-state index in [9.17, 15) is 0 Å². The Morgan fingerprint density at radius 2 is 2.06 bits per heavy atom. The fourth-order valence-electron chi connectivity index (χ4n) is 2.56. The van der Waals surface area contributed by atoms with E-state index in [4.69, 9.17) is 10.5 Å². The molecule has 0 amide bonds. The lowest BCUT2D eigenvalue weighted by Crippen LogP contribution is -2.29. The molecule has 0 radical (unpaired) electrons. The molecule has 92 valence electrons. The first-order valence-corrected chi connectivity index (χ1v) is 6.25. The first-order valence-electron chi connectivity index (χ1n) is 6.25. The van der Waals surface area contributed by atoms with Crippen molar-refractivity contribution < 1.29 is 4.74 Å². The molecule has 1 saturated heterocycles. The van der Waals surface area contributed by atoms with Gasteiger partial charge in [0.2, 0.25) is 0 Å². The molecule has 0 saturated carbocycles. The highest BCUT2D eigenvalue weighted by molar-refractivity contribution is 5.43. The largest absolute Gasteiger partial charge is 0.383 e. The number of fused-ring (bicyclic) bond motifs is 1. The maximum atomic E-state index is 5.93. The van der Waals surface area contributed by atoms with Crippen LogP contribution in [-0.2, 0) is 24.4 Å². The topological polar surface area (TPSA) is 73.1 Å². The van der Waals surface area contributed by atoms with Gasteiger partial charge >= 0.3 is 0 Å². The molecule has 1 fully saturated rings. The summed E-state index contributed by atoms with van der Waals surface area (Å²) in [6, 6.07) is 0. The Hall–Kier alpha value is -1.20. The molecular formula is C12H18N4O. The van der Waals surface area contributed by atoms with Crippen molar-refractivity contribution in [3.8, 4) is 0 Å². The fourth-order valence-corrected chi connectivity index (χ4v) is 2.56. The maximum Gasteiger partial charge on any atom is 0.133 e. The van der Waals surface area contributed by atoms with Crippen molar-refractivity contribution in [3.63, 3.8) is 0 Å². The minimum Gasteiger partial charge on any atom is -0.383 e. The van der Waals surface area contributed by atoms with Crippen molar-refractivity contribution in [3.05, 3.63) is 17.1 Å². The fraction of sp³-hybridized carbons (Fsp3) is 0.667. The van der Waals surface area contributed by atoms with Crippen molar-refractivity contribution in [1.29, 1.82) is 0 Å². The summed E-state index contributed by atoms with van der Waals surface area (Å²) < 4.78 is 5.35. The highest BCUT2D eigenvalue weighted by Crippen LogP contribution is 2.24. The molecule has 0 aliphatic carbocycles. The van der Waals surface area contributed by atoms with Gasteiger partial charge in [0.25, 0.3) is 0 Å². The second-order valence-corrected chi connectivity index (χ2v) is 4.84. The van der Waals surface area contributed by atoms with Gasteiger partial charge in [-0.15, -0.1) is 0 Å². The lowest BCUT2D eigenvalue weighted by molar-refractivity contribution is 0.133. The Balaban J connectivity index is 1.76. The number of hydrogen-bond donors (Lipinski definition) is 2. The number of rotatable bonds is 2. The highest BCUT2D eigenvalue weighted by atomic mass is 16.5. The van der Waals surface area contributed by atoms with Crippen LogP contribution in [0.25, 0.3) is 0 Å². The van der Waals surface area contributed by atoms with Crippen LogP contribution in [-0.4, -0.2) is 23.1 Å². The molecule has 0 bridgehead atoms. The van der Waals surface area contributed by atoms with E-state index >= 15 is 0 Å². The number of nitrogen functional groups attached to an aromatic ring is 1. The molecule has 3 heterocycles. The number of hydrogen-bond acceptors (Lipinski definition) is 5.